The van der Waals surface area contributed by atoms with Gasteiger partial charge in [-0.25, -0.2) is 4.39 Å². The summed E-state index contributed by atoms with van der Waals surface area (Å²) in [6.07, 6.45) is 3.89. The van der Waals surface area contributed by atoms with E-state index in [4.69, 9.17) is 4.74 Å². The highest BCUT2D eigenvalue weighted by Gasteiger charge is 2.45. The second-order valence-corrected chi connectivity index (χ2v) is 8.53. The molecule has 3 aliphatic rings. The number of benzene rings is 1. The Morgan fingerprint density at radius 3 is 2.86 bits per heavy atom. The first kappa shape index (κ1) is 19.6. The number of carbonyl (C=O) groups is 1. The van der Waals surface area contributed by atoms with Crippen molar-refractivity contribution in [3.63, 3.8) is 0 Å². The molecule has 0 bridgehead atoms. The molecule has 5 nitrogen and oxygen atoms in total. The highest BCUT2D eigenvalue weighted by molar-refractivity contribution is 5.82. The Morgan fingerprint density at radius 2 is 2.07 bits per heavy atom. The molecule has 0 aromatic heterocycles. The molecule has 1 aromatic carbocycles. The lowest BCUT2D eigenvalue weighted by atomic mass is 9.79. The molecule has 3 heterocycles. The molecule has 1 amide bonds. The first-order valence-electron chi connectivity index (χ1n) is 10.7. The van der Waals surface area contributed by atoms with E-state index in [0.29, 0.717) is 26.0 Å². The zero-order valence-electron chi connectivity index (χ0n) is 16.9. The van der Waals surface area contributed by atoms with E-state index in [1.165, 1.54) is 0 Å². The van der Waals surface area contributed by atoms with Crippen LogP contribution in [0.4, 0.5) is 4.39 Å². The van der Waals surface area contributed by atoms with E-state index in [2.05, 4.69) is 15.5 Å². The molecule has 1 aromatic rings. The SMILES string of the molecule is CCC(F)(CC)C1CCC2NC(C(=O)NC3COc4ccccc4C3)CN2C1. The summed E-state index contributed by atoms with van der Waals surface area (Å²) in [5.74, 6) is 0.999. The van der Waals surface area contributed by atoms with Crippen LogP contribution in [-0.2, 0) is 11.2 Å². The summed E-state index contributed by atoms with van der Waals surface area (Å²) in [4.78, 5) is 15.1. The van der Waals surface area contributed by atoms with Gasteiger partial charge < -0.3 is 10.1 Å². The highest BCUT2D eigenvalue weighted by Crippen LogP contribution is 2.38. The molecule has 2 fully saturated rings. The van der Waals surface area contributed by atoms with E-state index in [-0.39, 0.29) is 30.1 Å². The molecule has 2 N–H and O–H groups in total. The van der Waals surface area contributed by atoms with Crippen molar-refractivity contribution in [1.29, 1.82) is 0 Å². The van der Waals surface area contributed by atoms with Crippen LogP contribution in [0.1, 0.15) is 45.1 Å². The summed E-state index contributed by atoms with van der Waals surface area (Å²) < 4.78 is 20.9. The summed E-state index contributed by atoms with van der Waals surface area (Å²) in [6.45, 7) is 5.78. The van der Waals surface area contributed by atoms with Gasteiger partial charge in [0.2, 0.25) is 5.91 Å². The summed E-state index contributed by atoms with van der Waals surface area (Å²) in [5.41, 5.74) is 0.0510. The number of nitrogens with zero attached hydrogens (tertiary/aromatic N) is 1. The number of nitrogens with one attached hydrogen (secondary N) is 2. The third kappa shape index (κ3) is 3.77. The molecule has 0 radical (unpaired) electrons. The Balaban J connectivity index is 1.33. The summed E-state index contributed by atoms with van der Waals surface area (Å²) in [6, 6.07) is 7.74. The fraction of sp³-hybridized carbons (Fsp3) is 0.682. The van der Waals surface area contributed by atoms with Gasteiger partial charge in [0.1, 0.15) is 24.1 Å². The zero-order valence-corrected chi connectivity index (χ0v) is 16.9. The maximum absolute atomic E-state index is 15.1. The minimum Gasteiger partial charge on any atom is -0.491 e. The summed E-state index contributed by atoms with van der Waals surface area (Å²) >= 11 is 0. The van der Waals surface area contributed by atoms with Crippen LogP contribution >= 0.6 is 0 Å². The standard InChI is InChI=1S/C22H32FN3O2/c1-3-22(23,4-2)16-9-10-20-25-18(13-26(20)12-16)21(27)24-17-11-15-7-5-6-8-19(15)28-14-17/h5-8,16-18,20,25H,3-4,9-14H2,1-2H3,(H,24,27). The Bertz CT molecular complexity index is 709. The quantitative estimate of drug-likeness (QED) is 0.813. The number of hydrogen-bond acceptors (Lipinski definition) is 4. The minimum absolute atomic E-state index is 0.00625. The molecule has 3 aliphatic heterocycles. The van der Waals surface area contributed by atoms with Crippen molar-refractivity contribution in [1.82, 2.24) is 15.5 Å². The van der Waals surface area contributed by atoms with Gasteiger partial charge in [-0.1, -0.05) is 32.0 Å². The van der Waals surface area contributed by atoms with Gasteiger partial charge in [0.15, 0.2) is 0 Å². The van der Waals surface area contributed by atoms with Gasteiger partial charge in [-0.15, -0.1) is 0 Å². The fourth-order valence-corrected chi connectivity index (χ4v) is 5.08. The Kier molecular flexibility index (Phi) is 5.61. The lowest BCUT2D eigenvalue weighted by molar-refractivity contribution is -0.123. The van der Waals surface area contributed by atoms with E-state index in [9.17, 15) is 4.79 Å². The summed E-state index contributed by atoms with van der Waals surface area (Å²) in [5, 5.41) is 6.61. The Morgan fingerprint density at radius 1 is 1.29 bits per heavy atom. The predicted molar refractivity (Wildman–Crippen MR) is 107 cm³/mol. The monoisotopic (exact) mass is 389 g/mol. The number of para-hydroxylation sites is 1. The molecule has 4 unspecified atom stereocenters. The van der Waals surface area contributed by atoms with Crippen molar-refractivity contribution in [2.75, 3.05) is 19.7 Å². The maximum atomic E-state index is 15.1. The fourth-order valence-electron chi connectivity index (χ4n) is 5.08. The second-order valence-electron chi connectivity index (χ2n) is 8.53. The molecular formula is C22H32FN3O2. The van der Waals surface area contributed by atoms with Crippen LogP contribution < -0.4 is 15.4 Å². The van der Waals surface area contributed by atoms with Gasteiger partial charge in [0.25, 0.3) is 0 Å². The predicted octanol–water partition coefficient (Wildman–Crippen LogP) is 2.64. The van der Waals surface area contributed by atoms with E-state index < -0.39 is 5.67 Å². The molecule has 28 heavy (non-hydrogen) atoms. The number of hydrogen-bond donors (Lipinski definition) is 2. The van der Waals surface area contributed by atoms with Crippen molar-refractivity contribution >= 4 is 5.91 Å². The van der Waals surface area contributed by atoms with Crippen LogP contribution in [0.5, 0.6) is 5.75 Å². The molecule has 4 atom stereocenters. The number of piperidine rings is 1. The van der Waals surface area contributed by atoms with Crippen molar-refractivity contribution in [3.8, 4) is 5.75 Å². The topological polar surface area (TPSA) is 53.6 Å². The van der Waals surface area contributed by atoms with Gasteiger partial charge >= 0.3 is 0 Å². The number of alkyl halides is 1. The molecule has 0 saturated carbocycles. The van der Waals surface area contributed by atoms with E-state index in [1.54, 1.807) is 0 Å². The number of amides is 1. The van der Waals surface area contributed by atoms with Crippen LogP contribution in [0.15, 0.2) is 24.3 Å². The minimum atomic E-state index is -1.09. The van der Waals surface area contributed by atoms with Crippen LogP contribution in [0.25, 0.3) is 0 Å². The van der Waals surface area contributed by atoms with Gasteiger partial charge in [0.05, 0.1) is 12.2 Å². The first-order valence-corrected chi connectivity index (χ1v) is 10.7. The first-order chi connectivity index (χ1) is 13.5. The number of ether oxygens (including phenoxy) is 1. The van der Waals surface area contributed by atoms with E-state index >= 15 is 4.39 Å². The molecule has 2 saturated heterocycles. The number of fused-ring (bicyclic) bond motifs is 2. The third-order valence-electron chi connectivity index (χ3n) is 6.94. The number of halogens is 1. The highest BCUT2D eigenvalue weighted by atomic mass is 19.1. The van der Waals surface area contributed by atoms with Gasteiger partial charge in [0, 0.05) is 19.0 Å². The average Bonchev–Trinajstić information content (AvgIpc) is 3.16. The molecular weight excluding hydrogens is 357 g/mol. The number of rotatable bonds is 5. The lowest BCUT2D eigenvalue weighted by Crippen LogP contribution is -2.51. The maximum Gasteiger partial charge on any atom is 0.238 e. The lowest BCUT2D eigenvalue weighted by Gasteiger charge is -2.41. The van der Waals surface area contributed by atoms with Gasteiger partial charge in [-0.05, 0) is 43.7 Å². The Labute approximate surface area is 167 Å². The van der Waals surface area contributed by atoms with Crippen LogP contribution in [-0.4, -0.2) is 54.4 Å². The normalized spacial score (nSPS) is 30.2. The summed E-state index contributed by atoms with van der Waals surface area (Å²) in [7, 11) is 0. The zero-order chi connectivity index (χ0) is 19.7. The molecule has 4 rings (SSSR count). The van der Waals surface area contributed by atoms with Crippen molar-refractivity contribution in [2.45, 2.75) is 69.9 Å². The molecule has 0 aliphatic carbocycles. The van der Waals surface area contributed by atoms with Crippen LogP contribution in [0.2, 0.25) is 0 Å². The Hall–Kier alpha value is -1.66. The average molecular weight is 390 g/mol. The van der Waals surface area contributed by atoms with Crippen LogP contribution in [0.3, 0.4) is 0 Å². The number of carbonyl (C=O) groups excluding carboxylic acids is 1. The van der Waals surface area contributed by atoms with Crippen LogP contribution in [0, 0.1) is 5.92 Å². The largest absolute Gasteiger partial charge is 0.491 e. The third-order valence-corrected chi connectivity index (χ3v) is 6.94. The van der Waals surface area contributed by atoms with Crippen molar-refractivity contribution in [3.05, 3.63) is 29.8 Å². The van der Waals surface area contributed by atoms with Crippen molar-refractivity contribution in [2.24, 2.45) is 5.92 Å². The second kappa shape index (κ2) is 7.99. The smallest absolute Gasteiger partial charge is 0.238 e. The van der Waals surface area contributed by atoms with E-state index in [1.807, 2.05) is 38.1 Å². The van der Waals surface area contributed by atoms with Crippen molar-refractivity contribution < 1.29 is 13.9 Å². The molecule has 6 heteroatoms. The van der Waals surface area contributed by atoms with E-state index in [0.717, 1.165) is 37.1 Å². The molecule has 154 valence electrons. The van der Waals surface area contributed by atoms with Gasteiger partial charge in [-0.2, -0.15) is 0 Å². The van der Waals surface area contributed by atoms with Gasteiger partial charge in [-0.3, -0.25) is 15.0 Å². The molecule has 0 spiro atoms.